The first kappa shape index (κ1) is 10.5. The molecule has 1 aliphatic rings. The van der Waals surface area contributed by atoms with Crippen molar-refractivity contribution in [2.24, 2.45) is 5.92 Å². The van der Waals surface area contributed by atoms with Crippen molar-refractivity contribution in [2.45, 2.75) is 46.1 Å². The van der Waals surface area contributed by atoms with Gasteiger partial charge in [-0.3, -0.25) is 0 Å². The molecular formula is C14H21N. The molecule has 1 nitrogen and oxygen atoms in total. The van der Waals surface area contributed by atoms with E-state index in [0.717, 1.165) is 0 Å². The van der Waals surface area contributed by atoms with Gasteiger partial charge in [0, 0.05) is 11.2 Å². The highest BCUT2D eigenvalue weighted by atomic mass is 15.0. The molecule has 1 aromatic carbocycles. The highest BCUT2D eigenvalue weighted by Crippen LogP contribution is 2.37. The lowest BCUT2D eigenvalue weighted by atomic mass is 9.76. The van der Waals surface area contributed by atoms with Crippen LogP contribution in [0, 0.1) is 12.8 Å². The lowest BCUT2D eigenvalue weighted by molar-refractivity contribution is 0.323. The maximum atomic E-state index is 3.71. The van der Waals surface area contributed by atoms with Crippen molar-refractivity contribution in [3.63, 3.8) is 0 Å². The van der Waals surface area contributed by atoms with Crippen molar-refractivity contribution in [2.75, 3.05) is 5.32 Å². The minimum absolute atomic E-state index is 0.265. The van der Waals surface area contributed by atoms with Gasteiger partial charge in [-0.25, -0.2) is 0 Å². The van der Waals surface area contributed by atoms with E-state index in [4.69, 9.17) is 0 Å². The lowest BCUT2D eigenvalue weighted by Gasteiger charge is -2.42. The van der Waals surface area contributed by atoms with Gasteiger partial charge in [-0.2, -0.15) is 0 Å². The number of rotatable bonds is 1. The minimum atomic E-state index is 0.265. The molecule has 1 aromatic rings. The van der Waals surface area contributed by atoms with Crippen LogP contribution < -0.4 is 5.32 Å². The normalized spacial score (nSPS) is 29.5. The second-order valence-corrected chi connectivity index (χ2v) is 5.10. The van der Waals surface area contributed by atoms with E-state index in [9.17, 15) is 0 Å². The van der Waals surface area contributed by atoms with Gasteiger partial charge < -0.3 is 5.32 Å². The maximum absolute atomic E-state index is 3.71. The third-order valence-corrected chi connectivity index (χ3v) is 4.16. The first-order valence-corrected chi connectivity index (χ1v) is 5.93. The van der Waals surface area contributed by atoms with Crippen LogP contribution in [0.4, 0.5) is 5.69 Å². The first-order valence-electron chi connectivity index (χ1n) is 5.93. The van der Waals surface area contributed by atoms with Crippen molar-refractivity contribution < 1.29 is 0 Å². The Kier molecular flexibility index (Phi) is 2.49. The molecule has 2 unspecified atom stereocenters. The van der Waals surface area contributed by atoms with E-state index in [0.29, 0.717) is 5.92 Å². The predicted octanol–water partition coefficient (Wildman–Crippen LogP) is 3.77. The molecule has 1 heteroatoms. The molecular weight excluding hydrogens is 182 g/mol. The van der Waals surface area contributed by atoms with Gasteiger partial charge >= 0.3 is 0 Å². The fourth-order valence-corrected chi connectivity index (χ4v) is 2.49. The third kappa shape index (κ3) is 1.64. The number of anilines is 1. The molecule has 0 radical (unpaired) electrons. The van der Waals surface area contributed by atoms with E-state index in [1.165, 1.54) is 29.7 Å². The highest BCUT2D eigenvalue weighted by molar-refractivity contribution is 5.58. The number of hydrogen-bond donors (Lipinski definition) is 1. The van der Waals surface area contributed by atoms with Crippen LogP contribution in [0.2, 0.25) is 0 Å². The molecule has 0 aliphatic carbocycles. The zero-order valence-electron chi connectivity index (χ0n) is 10.2. The molecule has 15 heavy (non-hydrogen) atoms. The molecule has 2 rings (SSSR count). The van der Waals surface area contributed by atoms with Crippen LogP contribution >= 0.6 is 0 Å². The van der Waals surface area contributed by atoms with Gasteiger partial charge in [-0.05, 0) is 49.8 Å². The van der Waals surface area contributed by atoms with Crippen LogP contribution in [-0.4, -0.2) is 5.54 Å². The van der Waals surface area contributed by atoms with Crippen molar-refractivity contribution >= 4 is 5.69 Å². The first-order chi connectivity index (χ1) is 7.07. The Hall–Kier alpha value is -0.980. The van der Waals surface area contributed by atoms with E-state index in [2.05, 4.69) is 51.2 Å². The van der Waals surface area contributed by atoms with E-state index in [1.807, 2.05) is 0 Å². The lowest BCUT2D eigenvalue weighted by Crippen LogP contribution is -2.45. The van der Waals surface area contributed by atoms with Crippen LogP contribution in [0.25, 0.3) is 0 Å². The zero-order valence-corrected chi connectivity index (χ0v) is 10.2. The van der Waals surface area contributed by atoms with Gasteiger partial charge in [0.1, 0.15) is 0 Å². The summed E-state index contributed by atoms with van der Waals surface area (Å²) >= 11 is 0. The van der Waals surface area contributed by atoms with Gasteiger partial charge in [0.15, 0.2) is 0 Å². The maximum Gasteiger partial charge on any atom is 0.0379 e. The Morgan fingerprint density at radius 1 is 1.47 bits per heavy atom. The molecule has 0 amide bonds. The zero-order chi connectivity index (χ0) is 11.1. The SMILES string of the molecule is CCC1(C)Nc2cccc(C)c2CC1C. The van der Waals surface area contributed by atoms with Crippen molar-refractivity contribution in [1.82, 2.24) is 0 Å². The molecule has 2 atom stereocenters. The molecule has 0 bridgehead atoms. The fraction of sp³-hybridized carbons (Fsp3) is 0.571. The number of aryl methyl sites for hydroxylation is 1. The average Bonchev–Trinajstić information content (AvgIpc) is 2.21. The Labute approximate surface area is 92.9 Å². The van der Waals surface area contributed by atoms with Gasteiger partial charge in [0.2, 0.25) is 0 Å². The Balaban J connectivity index is 2.42. The molecule has 0 aromatic heterocycles. The summed E-state index contributed by atoms with van der Waals surface area (Å²) in [5.74, 6) is 0.705. The number of benzene rings is 1. The third-order valence-electron chi connectivity index (χ3n) is 4.16. The number of nitrogens with one attached hydrogen (secondary N) is 1. The summed E-state index contributed by atoms with van der Waals surface area (Å²) in [6.45, 7) is 9.17. The van der Waals surface area contributed by atoms with Crippen molar-refractivity contribution in [3.8, 4) is 0 Å². The van der Waals surface area contributed by atoms with Crippen LogP contribution in [-0.2, 0) is 6.42 Å². The summed E-state index contributed by atoms with van der Waals surface area (Å²) in [5.41, 5.74) is 4.54. The molecule has 82 valence electrons. The predicted molar refractivity (Wildman–Crippen MR) is 66.4 cm³/mol. The smallest absolute Gasteiger partial charge is 0.0379 e. The summed E-state index contributed by atoms with van der Waals surface area (Å²) in [5, 5.41) is 3.71. The van der Waals surface area contributed by atoms with E-state index < -0.39 is 0 Å². The van der Waals surface area contributed by atoms with Gasteiger partial charge in [-0.1, -0.05) is 26.0 Å². The van der Waals surface area contributed by atoms with E-state index >= 15 is 0 Å². The van der Waals surface area contributed by atoms with E-state index in [-0.39, 0.29) is 5.54 Å². The molecule has 0 spiro atoms. The van der Waals surface area contributed by atoms with Crippen LogP contribution in [0.15, 0.2) is 18.2 Å². The second-order valence-electron chi connectivity index (χ2n) is 5.10. The van der Waals surface area contributed by atoms with Gasteiger partial charge in [0.25, 0.3) is 0 Å². The summed E-state index contributed by atoms with van der Waals surface area (Å²) in [6.07, 6.45) is 2.39. The number of fused-ring (bicyclic) bond motifs is 1. The Bertz CT molecular complexity index is 370. The summed E-state index contributed by atoms with van der Waals surface area (Å²) in [7, 11) is 0. The molecule has 1 N–H and O–H groups in total. The number of hydrogen-bond acceptors (Lipinski definition) is 1. The highest BCUT2D eigenvalue weighted by Gasteiger charge is 2.34. The average molecular weight is 203 g/mol. The fourth-order valence-electron chi connectivity index (χ4n) is 2.49. The summed E-state index contributed by atoms with van der Waals surface area (Å²) < 4.78 is 0. The largest absolute Gasteiger partial charge is 0.379 e. The van der Waals surface area contributed by atoms with Crippen LogP contribution in [0.3, 0.4) is 0 Å². The van der Waals surface area contributed by atoms with Gasteiger partial charge in [-0.15, -0.1) is 0 Å². The van der Waals surface area contributed by atoms with Crippen LogP contribution in [0.1, 0.15) is 38.3 Å². The topological polar surface area (TPSA) is 12.0 Å². The van der Waals surface area contributed by atoms with Crippen molar-refractivity contribution in [1.29, 1.82) is 0 Å². The Morgan fingerprint density at radius 2 is 2.20 bits per heavy atom. The summed E-state index contributed by atoms with van der Waals surface area (Å²) in [6, 6.07) is 6.57. The van der Waals surface area contributed by atoms with Crippen LogP contribution in [0.5, 0.6) is 0 Å². The molecule has 0 fully saturated rings. The summed E-state index contributed by atoms with van der Waals surface area (Å²) in [4.78, 5) is 0. The monoisotopic (exact) mass is 203 g/mol. The Morgan fingerprint density at radius 3 is 2.87 bits per heavy atom. The van der Waals surface area contributed by atoms with Gasteiger partial charge in [0.05, 0.1) is 0 Å². The van der Waals surface area contributed by atoms with E-state index in [1.54, 1.807) is 0 Å². The molecule has 1 heterocycles. The standard InChI is InChI=1S/C14H21N/c1-5-14(4)11(3)9-12-10(2)7-6-8-13(12)15-14/h6-8,11,15H,5,9H2,1-4H3. The molecule has 0 saturated carbocycles. The quantitative estimate of drug-likeness (QED) is 0.732. The molecule has 0 saturated heterocycles. The van der Waals surface area contributed by atoms with Crippen molar-refractivity contribution in [3.05, 3.63) is 29.3 Å². The molecule has 1 aliphatic heterocycles. The minimum Gasteiger partial charge on any atom is -0.379 e. The second kappa shape index (κ2) is 3.55.